The summed E-state index contributed by atoms with van der Waals surface area (Å²) in [5.41, 5.74) is 1.05. The van der Waals surface area contributed by atoms with Crippen LogP contribution in [0.4, 0.5) is 0 Å². The van der Waals surface area contributed by atoms with Crippen LogP contribution in [-0.2, 0) is 16.1 Å². The Labute approximate surface area is 133 Å². The fraction of sp³-hybridized carbons (Fsp3) is 0.611. The molecule has 4 nitrogen and oxygen atoms in total. The van der Waals surface area contributed by atoms with Gasteiger partial charge in [-0.05, 0) is 32.8 Å². The van der Waals surface area contributed by atoms with Crippen molar-refractivity contribution in [1.29, 1.82) is 0 Å². The molecule has 0 aromatic heterocycles. The maximum absolute atomic E-state index is 12.8. The Morgan fingerprint density at radius 3 is 2.64 bits per heavy atom. The number of carbonyl (C=O) groups is 1. The van der Waals surface area contributed by atoms with Gasteiger partial charge in [0.05, 0.1) is 7.11 Å². The lowest BCUT2D eigenvalue weighted by atomic mass is 10.1. The number of methoxy groups -OCH3 is 1. The van der Waals surface area contributed by atoms with E-state index in [9.17, 15) is 4.79 Å². The van der Waals surface area contributed by atoms with Crippen LogP contribution in [0.5, 0.6) is 5.75 Å². The molecule has 1 atom stereocenters. The number of carbonyl (C=O) groups excluding carboxylic acids is 1. The summed E-state index contributed by atoms with van der Waals surface area (Å²) in [6.45, 7) is 4.91. The standard InChI is InChI=1S/C18H27NO3/c1-4-22-14(2)18(20)19(16-10-6-7-11-16)13-15-9-5-8-12-17(15)21-3/h5,8-9,12,14,16H,4,6-7,10-11,13H2,1-3H3. The van der Waals surface area contributed by atoms with Gasteiger partial charge in [-0.1, -0.05) is 31.0 Å². The van der Waals surface area contributed by atoms with E-state index in [4.69, 9.17) is 9.47 Å². The number of amides is 1. The normalized spacial score (nSPS) is 16.5. The van der Waals surface area contributed by atoms with Gasteiger partial charge in [0.2, 0.25) is 0 Å². The maximum atomic E-state index is 12.8. The molecule has 1 unspecified atom stereocenters. The van der Waals surface area contributed by atoms with Crippen LogP contribution in [0.3, 0.4) is 0 Å². The van der Waals surface area contributed by atoms with E-state index < -0.39 is 0 Å². The van der Waals surface area contributed by atoms with E-state index in [0.717, 1.165) is 24.2 Å². The second-order valence-electron chi connectivity index (χ2n) is 5.81. The highest BCUT2D eigenvalue weighted by molar-refractivity contribution is 5.81. The van der Waals surface area contributed by atoms with Gasteiger partial charge in [0.15, 0.2) is 0 Å². The Morgan fingerprint density at radius 2 is 2.00 bits per heavy atom. The van der Waals surface area contributed by atoms with Gasteiger partial charge in [0.1, 0.15) is 11.9 Å². The van der Waals surface area contributed by atoms with Crippen molar-refractivity contribution in [3.8, 4) is 5.75 Å². The van der Waals surface area contributed by atoms with Gasteiger partial charge < -0.3 is 14.4 Å². The Kier molecular flexibility index (Phi) is 6.25. The third-order valence-corrected chi connectivity index (χ3v) is 4.35. The van der Waals surface area contributed by atoms with Crippen molar-refractivity contribution in [2.45, 2.75) is 58.2 Å². The minimum absolute atomic E-state index is 0.0830. The largest absolute Gasteiger partial charge is 0.496 e. The summed E-state index contributed by atoms with van der Waals surface area (Å²) in [7, 11) is 1.67. The van der Waals surface area contributed by atoms with E-state index in [1.54, 1.807) is 7.11 Å². The predicted octanol–water partition coefficient (Wildman–Crippen LogP) is 3.39. The third-order valence-electron chi connectivity index (χ3n) is 4.35. The Hall–Kier alpha value is -1.55. The van der Waals surface area contributed by atoms with Crippen LogP contribution in [0.1, 0.15) is 45.1 Å². The zero-order valence-corrected chi connectivity index (χ0v) is 13.9. The molecule has 22 heavy (non-hydrogen) atoms. The molecule has 1 aromatic carbocycles. The summed E-state index contributed by atoms with van der Waals surface area (Å²) in [4.78, 5) is 14.8. The summed E-state index contributed by atoms with van der Waals surface area (Å²) in [5, 5.41) is 0. The van der Waals surface area contributed by atoms with Gasteiger partial charge in [0.25, 0.3) is 5.91 Å². The zero-order valence-electron chi connectivity index (χ0n) is 13.9. The first-order valence-corrected chi connectivity index (χ1v) is 8.21. The Bertz CT molecular complexity index is 483. The van der Waals surface area contributed by atoms with Gasteiger partial charge in [-0.2, -0.15) is 0 Å². The molecule has 4 heteroatoms. The molecule has 1 saturated carbocycles. The molecular formula is C18H27NO3. The quantitative estimate of drug-likeness (QED) is 0.775. The summed E-state index contributed by atoms with van der Waals surface area (Å²) < 4.78 is 10.9. The van der Waals surface area contributed by atoms with Gasteiger partial charge >= 0.3 is 0 Å². The molecule has 0 N–H and O–H groups in total. The number of para-hydroxylation sites is 1. The van der Waals surface area contributed by atoms with Crippen LogP contribution in [-0.4, -0.2) is 36.7 Å². The Morgan fingerprint density at radius 1 is 1.32 bits per heavy atom. The van der Waals surface area contributed by atoms with Gasteiger partial charge in [-0.15, -0.1) is 0 Å². The molecule has 2 rings (SSSR count). The molecule has 1 aliphatic carbocycles. The van der Waals surface area contributed by atoms with Crippen molar-refractivity contribution in [1.82, 2.24) is 4.90 Å². The first-order valence-electron chi connectivity index (χ1n) is 8.21. The highest BCUT2D eigenvalue weighted by Gasteiger charge is 2.30. The molecule has 0 spiro atoms. The number of hydrogen-bond acceptors (Lipinski definition) is 3. The molecule has 1 aliphatic rings. The van der Waals surface area contributed by atoms with E-state index >= 15 is 0 Å². The van der Waals surface area contributed by atoms with E-state index in [2.05, 4.69) is 0 Å². The topological polar surface area (TPSA) is 38.8 Å². The summed E-state index contributed by atoms with van der Waals surface area (Å²) in [6.07, 6.45) is 4.17. The van der Waals surface area contributed by atoms with E-state index in [1.807, 2.05) is 43.0 Å². The molecule has 1 aromatic rings. The lowest BCUT2D eigenvalue weighted by Crippen LogP contribution is -2.44. The first kappa shape index (κ1) is 16.8. The minimum Gasteiger partial charge on any atom is -0.496 e. The highest BCUT2D eigenvalue weighted by atomic mass is 16.5. The number of ether oxygens (including phenoxy) is 2. The molecule has 0 saturated heterocycles. The average molecular weight is 305 g/mol. The van der Waals surface area contributed by atoms with Crippen molar-refractivity contribution in [2.24, 2.45) is 0 Å². The zero-order chi connectivity index (χ0) is 15.9. The second kappa shape index (κ2) is 8.18. The molecule has 1 fully saturated rings. The maximum Gasteiger partial charge on any atom is 0.251 e. The molecule has 0 bridgehead atoms. The van der Waals surface area contributed by atoms with Gasteiger partial charge in [0, 0.05) is 24.8 Å². The Balaban J connectivity index is 2.18. The van der Waals surface area contributed by atoms with E-state index in [0.29, 0.717) is 19.2 Å². The summed E-state index contributed by atoms with van der Waals surface area (Å²) in [5.74, 6) is 0.919. The van der Waals surface area contributed by atoms with Crippen molar-refractivity contribution in [2.75, 3.05) is 13.7 Å². The van der Waals surface area contributed by atoms with Crippen LogP contribution in [0.15, 0.2) is 24.3 Å². The van der Waals surface area contributed by atoms with Gasteiger partial charge in [-0.3, -0.25) is 4.79 Å². The summed E-state index contributed by atoms with van der Waals surface area (Å²) >= 11 is 0. The minimum atomic E-state index is -0.389. The van der Waals surface area contributed by atoms with Crippen LogP contribution >= 0.6 is 0 Å². The monoisotopic (exact) mass is 305 g/mol. The predicted molar refractivity (Wildman–Crippen MR) is 86.9 cm³/mol. The molecule has 0 radical (unpaired) electrons. The van der Waals surface area contributed by atoms with E-state index in [1.165, 1.54) is 12.8 Å². The van der Waals surface area contributed by atoms with Crippen molar-refractivity contribution in [3.63, 3.8) is 0 Å². The highest BCUT2D eigenvalue weighted by Crippen LogP contribution is 2.28. The molecule has 0 aliphatic heterocycles. The van der Waals surface area contributed by atoms with E-state index in [-0.39, 0.29) is 12.0 Å². The SMILES string of the molecule is CCOC(C)C(=O)N(Cc1ccccc1OC)C1CCCC1. The third kappa shape index (κ3) is 4.01. The number of benzene rings is 1. The van der Waals surface area contributed by atoms with Crippen LogP contribution in [0, 0.1) is 0 Å². The fourth-order valence-corrected chi connectivity index (χ4v) is 3.17. The second-order valence-corrected chi connectivity index (χ2v) is 5.81. The first-order chi connectivity index (χ1) is 10.7. The van der Waals surface area contributed by atoms with Crippen molar-refractivity contribution < 1.29 is 14.3 Å². The van der Waals surface area contributed by atoms with Crippen LogP contribution in [0.25, 0.3) is 0 Å². The molecular weight excluding hydrogens is 278 g/mol. The van der Waals surface area contributed by atoms with Crippen molar-refractivity contribution in [3.05, 3.63) is 29.8 Å². The smallest absolute Gasteiger partial charge is 0.251 e. The number of nitrogens with zero attached hydrogens (tertiary/aromatic N) is 1. The molecule has 1 amide bonds. The fourth-order valence-electron chi connectivity index (χ4n) is 3.17. The van der Waals surface area contributed by atoms with Crippen molar-refractivity contribution >= 4 is 5.91 Å². The van der Waals surface area contributed by atoms with Crippen LogP contribution in [0.2, 0.25) is 0 Å². The lowest BCUT2D eigenvalue weighted by Gasteiger charge is -2.31. The number of rotatable bonds is 7. The van der Waals surface area contributed by atoms with Gasteiger partial charge in [-0.25, -0.2) is 0 Å². The summed E-state index contributed by atoms with van der Waals surface area (Å²) in [6, 6.07) is 8.23. The number of hydrogen-bond donors (Lipinski definition) is 0. The average Bonchev–Trinajstić information content (AvgIpc) is 3.06. The van der Waals surface area contributed by atoms with Crippen LogP contribution < -0.4 is 4.74 Å². The molecule has 0 heterocycles. The molecule has 122 valence electrons. The lowest BCUT2D eigenvalue weighted by molar-refractivity contribution is -0.145.